The van der Waals surface area contributed by atoms with Crippen LogP contribution in [0.15, 0.2) is 103 Å². The standard InChI is InChI=1S/C37H44O.C2H6/c1-9-34(25-11-28(2)10-12-29-15-21-32(22-16-29)36(3,4)5)38-35-26-19-31(20-27-35)14-13-30-17-23-33(24-18-30)37(6,7)8;1-2/h9-28H,1-8H3;1-2H3/b12-10+,14-13+,25-11-,34-9+;. The predicted molar refractivity (Wildman–Crippen MR) is 179 cm³/mol. The molecule has 0 fully saturated rings. The van der Waals surface area contributed by atoms with Gasteiger partial charge in [-0.15, -0.1) is 0 Å². The summed E-state index contributed by atoms with van der Waals surface area (Å²) < 4.78 is 6.11. The van der Waals surface area contributed by atoms with Crippen molar-refractivity contribution in [3.05, 3.63) is 131 Å². The molecule has 3 rings (SSSR count). The number of hydrogen-bond acceptors (Lipinski definition) is 1. The molecule has 0 aliphatic rings. The van der Waals surface area contributed by atoms with Crippen LogP contribution < -0.4 is 4.74 Å². The Morgan fingerprint density at radius 2 is 1.00 bits per heavy atom. The second-order valence-corrected chi connectivity index (χ2v) is 12.0. The maximum Gasteiger partial charge on any atom is 0.127 e. The van der Waals surface area contributed by atoms with Gasteiger partial charge in [0.05, 0.1) is 0 Å². The van der Waals surface area contributed by atoms with Crippen LogP contribution in [0.1, 0.15) is 97.1 Å². The maximum atomic E-state index is 6.11. The van der Waals surface area contributed by atoms with Crippen LogP contribution in [0.4, 0.5) is 0 Å². The van der Waals surface area contributed by atoms with E-state index in [-0.39, 0.29) is 10.8 Å². The van der Waals surface area contributed by atoms with E-state index >= 15 is 0 Å². The molecule has 40 heavy (non-hydrogen) atoms. The summed E-state index contributed by atoms with van der Waals surface area (Å²) in [6.45, 7) is 21.6. The summed E-state index contributed by atoms with van der Waals surface area (Å²) in [4.78, 5) is 0. The van der Waals surface area contributed by atoms with Gasteiger partial charge in [0.25, 0.3) is 0 Å². The van der Waals surface area contributed by atoms with Gasteiger partial charge in [-0.3, -0.25) is 0 Å². The predicted octanol–water partition coefficient (Wildman–Crippen LogP) is 11.7. The molecule has 0 radical (unpaired) electrons. The summed E-state index contributed by atoms with van der Waals surface area (Å²) in [7, 11) is 0. The number of allylic oxidation sites excluding steroid dienone is 4. The Kier molecular flexibility index (Phi) is 12.5. The molecule has 3 aromatic carbocycles. The average Bonchev–Trinajstić information content (AvgIpc) is 2.94. The van der Waals surface area contributed by atoms with E-state index in [0.717, 1.165) is 17.1 Å². The quantitative estimate of drug-likeness (QED) is 0.159. The smallest absolute Gasteiger partial charge is 0.127 e. The van der Waals surface area contributed by atoms with Gasteiger partial charge in [0, 0.05) is 0 Å². The lowest BCUT2D eigenvalue weighted by Gasteiger charge is -2.18. The molecule has 0 aliphatic carbocycles. The highest BCUT2D eigenvalue weighted by Gasteiger charge is 2.13. The molecule has 0 saturated carbocycles. The molecule has 3 aromatic rings. The molecule has 212 valence electrons. The molecule has 0 bridgehead atoms. The first-order valence-electron chi connectivity index (χ1n) is 14.6. The van der Waals surface area contributed by atoms with Crippen molar-refractivity contribution < 1.29 is 4.74 Å². The second-order valence-electron chi connectivity index (χ2n) is 12.0. The zero-order valence-electron chi connectivity index (χ0n) is 26.5. The molecule has 0 aliphatic heterocycles. The van der Waals surface area contributed by atoms with Gasteiger partial charge in [-0.1, -0.05) is 153 Å². The summed E-state index contributed by atoms with van der Waals surface area (Å²) in [6.07, 6.45) is 14.9. The fourth-order valence-electron chi connectivity index (χ4n) is 3.93. The molecule has 0 heterocycles. The summed E-state index contributed by atoms with van der Waals surface area (Å²) in [5, 5.41) is 0. The van der Waals surface area contributed by atoms with Crippen molar-refractivity contribution in [2.75, 3.05) is 0 Å². The van der Waals surface area contributed by atoms with Crippen LogP contribution in [0.3, 0.4) is 0 Å². The Balaban J connectivity index is 0.00000274. The van der Waals surface area contributed by atoms with Crippen LogP contribution in [0.25, 0.3) is 18.2 Å². The molecular formula is C39H50O. The normalized spacial score (nSPS) is 13.5. The van der Waals surface area contributed by atoms with E-state index in [4.69, 9.17) is 4.74 Å². The van der Waals surface area contributed by atoms with Gasteiger partial charge < -0.3 is 4.74 Å². The number of ether oxygens (including phenoxy) is 1. The van der Waals surface area contributed by atoms with Crippen LogP contribution in [0.5, 0.6) is 5.75 Å². The molecule has 0 amide bonds. The third-order valence-corrected chi connectivity index (χ3v) is 6.58. The molecule has 1 nitrogen and oxygen atoms in total. The van der Waals surface area contributed by atoms with Crippen molar-refractivity contribution in [1.29, 1.82) is 0 Å². The maximum absolute atomic E-state index is 6.11. The summed E-state index contributed by atoms with van der Waals surface area (Å²) in [5.41, 5.74) is 6.61. The highest BCUT2D eigenvalue weighted by atomic mass is 16.5. The van der Waals surface area contributed by atoms with E-state index in [9.17, 15) is 0 Å². The minimum atomic E-state index is 0.173. The zero-order valence-corrected chi connectivity index (χ0v) is 26.5. The molecule has 1 heteroatoms. The molecule has 1 atom stereocenters. The summed E-state index contributed by atoms with van der Waals surface area (Å²) in [5.74, 6) is 1.96. The fourth-order valence-corrected chi connectivity index (χ4v) is 3.93. The highest BCUT2D eigenvalue weighted by Crippen LogP contribution is 2.24. The molecule has 0 aromatic heterocycles. The van der Waals surface area contributed by atoms with E-state index < -0.39 is 0 Å². The lowest BCUT2D eigenvalue weighted by molar-refractivity contribution is 0.443. The van der Waals surface area contributed by atoms with Gasteiger partial charge in [0.2, 0.25) is 0 Å². The van der Waals surface area contributed by atoms with Gasteiger partial charge >= 0.3 is 0 Å². The molecule has 0 N–H and O–H groups in total. The van der Waals surface area contributed by atoms with E-state index in [2.05, 4.69) is 140 Å². The Morgan fingerprint density at radius 3 is 1.40 bits per heavy atom. The van der Waals surface area contributed by atoms with Crippen LogP contribution >= 0.6 is 0 Å². The van der Waals surface area contributed by atoms with Crippen molar-refractivity contribution in [3.63, 3.8) is 0 Å². The largest absolute Gasteiger partial charge is 0.458 e. The Labute approximate surface area is 245 Å². The minimum absolute atomic E-state index is 0.173. The van der Waals surface area contributed by atoms with Gasteiger partial charge in [-0.25, -0.2) is 0 Å². The first-order valence-corrected chi connectivity index (χ1v) is 14.6. The van der Waals surface area contributed by atoms with Crippen molar-refractivity contribution in [2.24, 2.45) is 5.92 Å². The minimum Gasteiger partial charge on any atom is -0.458 e. The monoisotopic (exact) mass is 534 g/mol. The highest BCUT2D eigenvalue weighted by molar-refractivity contribution is 5.70. The van der Waals surface area contributed by atoms with Crippen molar-refractivity contribution >= 4 is 18.2 Å². The van der Waals surface area contributed by atoms with Crippen LogP contribution in [0, 0.1) is 5.92 Å². The Morgan fingerprint density at radius 1 is 0.600 bits per heavy atom. The van der Waals surface area contributed by atoms with Crippen molar-refractivity contribution in [3.8, 4) is 5.75 Å². The van der Waals surface area contributed by atoms with Gasteiger partial charge in [0.15, 0.2) is 0 Å². The lowest BCUT2D eigenvalue weighted by atomic mass is 9.86. The van der Waals surface area contributed by atoms with E-state index in [1.807, 2.05) is 45.1 Å². The number of hydrogen-bond donors (Lipinski definition) is 0. The zero-order chi connectivity index (χ0) is 29.8. The second kappa shape index (κ2) is 15.3. The van der Waals surface area contributed by atoms with Gasteiger partial charge in [-0.05, 0) is 75.8 Å². The van der Waals surface area contributed by atoms with Crippen LogP contribution in [-0.4, -0.2) is 0 Å². The van der Waals surface area contributed by atoms with Gasteiger partial charge in [0.1, 0.15) is 11.5 Å². The SMILES string of the molecule is C/C=C(\C=C/C(C)/C=C/c1ccc(C(C)(C)C)cc1)Oc1ccc(/C=C/c2ccc(C(C)(C)C)cc2)cc1.CC. The van der Waals surface area contributed by atoms with Crippen molar-refractivity contribution in [2.45, 2.75) is 80.1 Å². The third-order valence-electron chi connectivity index (χ3n) is 6.58. The number of benzene rings is 3. The van der Waals surface area contributed by atoms with E-state index in [1.54, 1.807) is 0 Å². The molecule has 0 spiro atoms. The average molecular weight is 535 g/mol. The Bertz CT molecular complexity index is 1270. The molecule has 1 unspecified atom stereocenters. The molecule has 0 saturated heterocycles. The van der Waals surface area contributed by atoms with E-state index in [0.29, 0.717) is 5.92 Å². The third kappa shape index (κ3) is 10.9. The number of rotatable bonds is 8. The van der Waals surface area contributed by atoms with Gasteiger partial charge in [-0.2, -0.15) is 0 Å². The first kappa shape index (κ1) is 32.6. The molecular weight excluding hydrogens is 484 g/mol. The lowest BCUT2D eigenvalue weighted by Crippen LogP contribution is -2.10. The fraction of sp³-hybridized carbons (Fsp3) is 0.333. The topological polar surface area (TPSA) is 9.23 Å². The Hall–Kier alpha value is -3.58. The van der Waals surface area contributed by atoms with E-state index in [1.165, 1.54) is 22.3 Å². The van der Waals surface area contributed by atoms with Crippen LogP contribution in [-0.2, 0) is 10.8 Å². The summed E-state index contributed by atoms with van der Waals surface area (Å²) >= 11 is 0. The summed E-state index contributed by atoms with van der Waals surface area (Å²) in [6, 6.07) is 25.8. The van der Waals surface area contributed by atoms with Crippen LogP contribution in [0.2, 0.25) is 0 Å². The van der Waals surface area contributed by atoms with Crippen molar-refractivity contribution in [1.82, 2.24) is 0 Å². The first-order chi connectivity index (χ1) is 18.9.